The Morgan fingerprint density at radius 3 is 2.52 bits per heavy atom. The number of pyridine rings is 1. The Bertz CT molecular complexity index is 1580. The fourth-order valence-electron chi connectivity index (χ4n) is 3.69. The Hall–Kier alpha value is -4.07. The molecule has 0 fully saturated rings. The van der Waals surface area contributed by atoms with Gasteiger partial charge in [0.2, 0.25) is 0 Å². The highest BCUT2D eigenvalue weighted by Crippen LogP contribution is 2.32. The molecule has 31 heavy (non-hydrogen) atoms. The zero-order valence-electron chi connectivity index (χ0n) is 16.2. The summed E-state index contributed by atoms with van der Waals surface area (Å²) in [6.45, 7) is 0. The molecule has 2 aromatic heterocycles. The van der Waals surface area contributed by atoms with E-state index in [1.54, 1.807) is 6.20 Å². The SMILES string of the molecule is C#Cc1c(-c2cc3ccccc3cn2)oc2cc(-c3ccccc3Cl)ccc2c1=NO. The summed E-state index contributed by atoms with van der Waals surface area (Å²) in [5.41, 5.74) is 3.14. The van der Waals surface area contributed by atoms with E-state index >= 15 is 0 Å². The van der Waals surface area contributed by atoms with E-state index in [0.29, 0.717) is 33.0 Å². The molecule has 0 saturated carbocycles. The van der Waals surface area contributed by atoms with Crippen LogP contribution in [0.1, 0.15) is 5.56 Å². The zero-order chi connectivity index (χ0) is 21.4. The lowest BCUT2D eigenvalue weighted by Crippen LogP contribution is -2.11. The van der Waals surface area contributed by atoms with E-state index < -0.39 is 0 Å². The minimum Gasteiger partial charge on any atom is -0.453 e. The van der Waals surface area contributed by atoms with Crippen molar-refractivity contribution in [3.05, 3.63) is 94.9 Å². The zero-order valence-corrected chi connectivity index (χ0v) is 17.0. The topological polar surface area (TPSA) is 58.6 Å². The molecular weight excluding hydrogens is 408 g/mol. The number of aromatic nitrogens is 1. The van der Waals surface area contributed by atoms with Gasteiger partial charge in [0.25, 0.3) is 0 Å². The number of halogens is 1. The van der Waals surface area contributed by atoms with E-state index in [1.165, 1.54) is 0 Å². The average Bonchev–Trinajstić information content (AvgIpc) is 2.82. The summed E-state index contributed by atoms with van der Waals surface area (Å²) in [4.78, 5) is 4.53. The molecule has 0 unspecified atom stereocenters. The highest BCUT2D eigenvalue weighted by Gasteiger charge is 2.16. The third kappa shape index (κ3) is 3.22. The fraction of sp³-hybridized carbons (Fsp3) is 0. The fourth-order valence-corrected chi connectivity index (χ4v) is 3.94. The van der Waals surface area contributed by atoms with Gasteiger partial charge in [-0.3, -0.25) is 4.98 Å². The van der Waals surface area contributed by atoms with Gasteiger partial charge in [-0.05, 0) is 35.2 Å². The Morgan fingerprint density at radius 2 is 1.74 bits per heavy atom. The first-order valence-corrected chi connectivity index (χ1v) is 9.93. The van der Waals surface area contributed by atoms with E-state index in [4.69, 9.17) is 22.4 Å². The first kappa shape index (κ1) is 18.9. The van der Waals surface area contributed by atoms with Crippen LogP contribution in [0.2, 0.25) is 5.02 Å². The van der Waals surface area contributed by atoms with Crippen molar-refractivity contribution in [3.63, 3.8) is 0 Å². The van der Waals surface area contributed by atoms with Gasteiger partial charge in [-0.15, -0.1) is 6.42 Å². The predicted octanol–water partition coefficient (Wildman–Crippen LogP) is 6.24. The third-order valence-electron chi connectivity index (χ3n) is 5.21. The van der Waals surface area contributed by atoms with Gasteiger partial charge in [-0.2, -0.15) is 0 Å². The summed E-state index contributed by atoms with van der Waals surface area (Å²) in [5.74, 6) is 2.97. The van der Waals surface area contributed by atoms with Crippen LogP contribution in [0.15, 0.2) is 88.6 Å². The second-order valence-corrected chi connectivity index (χ2v) is 7.41. The largest absolute Gasteiger partial charge is 0.453 e. The Morgan fingerprint density at radius 1 is 0.968 bits per heavy atom. The van der Waals surface area contributed by atoms with E-state index in [1.807, 2.05) is 72.8 Å². The van der Waals surface area contributed by atoms with E-state index in [0.717, 1.165) is 21.9 Å². The first-order valence-electron chi connectivity index (χ1n) is 9.55. The van der Waals surface area contributed by atoms with Crippen LogP contribution in [-0.2, 0) is 0 Å². The highest BCUT2D eigenvalue weighted by atomic mass is 35.5. The van der Waals surface area contributed by atoms with Crippen LogP contribution in [0.4, 0.5) is 0 Å². The Balaban J connectivity index is 1.81. The smallest absolute Gasteiger partial charge is 0.171 e. The van der Waals surface area contributed by atoms with Crippen LogP contribution in [0.5, 0.6) is 0 Å². The average molecular weight is 423 g/mol. The van der Waals surface area contributed by atoms with Crippen molar-refractivity contribution in [2.45, 2.75) is 0 Å². The lowest BCUT2D eigenvalue weighted by atomic mass is 10.0. The molecule has 148 valence electrons. The summed E-state index contributed by atoms with van der Waals surface area (Å²) in [5, 5.41) is 16.7. The molecule has 0 aliphatic carbocycles. The number of fused-ring (bicyclic) bond motifs is 2. The van der Waals surface area contributed by atoms with Gasteiger partial charge in [0, 0.05) is 27.6 Å². The van der Waals surface area contributed by atoms with E-state index in [-0.39, 0.29) is 5.36 Å². The molecule has 0 aliphatic heterocycles. The number of terminal acetylenes is 1. The lowest BCUT2D eigenvalue weighted by Gasteiger charge is -2.10. The molecule has 0 aliphatic rings. The Labute approximate surface area is 183 Å². The second-order valence-electron chi connectivity index (χ2n) is 7.01. The van der Waals surface area contributed by atoms with Gasteiger partial charge in [0.05, 0.1) is 5.56 Å². The van der Waals surface area contributed by atoms with Crippen LogP contribution in [0, 0.1) is 12.3 Å². The molecule has 0 saturated heterocycles. The van der Waals surface area contributed by atoms with E-state index in [9.17, 15) is 5.21 Å². The molecule has 4 nitrogen and oxygen atoms in total. The molecule has 0 atom stereocenters. The van der Waals surface area contributed by atoms with Crippen molar-refractivity contribution < 1.29 is 9.62 Å². The first-order chi connectivity index (χ1) is 15.2. The third-order valence-corrected chi connectivity index (χ3v) is 5.53. The summed E-state index contributed by atoms with van der Waals surface area (Å²) in [7, 11) is 0. The number of hydrogen-bond acceptors (Lipinski definition) is 4. The van der Waals surface area contributed by atoms with Crippen molar-refractivity contribution in [3.8, 4) is 34.9 Å². The monoisotopic (exact) mass is 422 g/mol. The standard InChI is InChI=1S/C26H15ClN2O2/c1-2-19-25(29-30)21-12-11-17(20-9-5-6-10-22(20)27)14-24(21)31-26(19)23-13-16-7-3-4-8-18(16)15-28-23/h1,3-15,30H. The van der Waals surface area contributed by atoms with Crippen LogP contribution in [0.25, 0.3) is 44.3 Å². The van der Waals surface area contributed by atoms with Crippen molar-refractivity contribution in [1.29, 1.82) is 0 Å². The normalized spacial score (nSPS) is 11.7. The molecular formula is C26H15ClN2O2. The molecule has 0 radical (unpaired) electrons. The summed E-state index contributed by atoms with van der Waals surface area (Å²) < 4.78 is 6.24. The molecule has 0 bridgehead atoms. The minimum atomic E-state index is 0.263. The number of hydrogen-bond donors (Lipinski definition) is 1. The van der Waals surface area contributed by atoms with Gasteiger partial charge in [0.1, 0.15) is 16.6 Å². The lowest BCUT2D eigenvalue weighted by molar-refractivity contribution is 0.302. The van der Waals surface area contributed by atoms with Crippen molar-refractivity contribution in [1.82, 2.24) is 4.98 Å². The van der Waals surface area contributed by atoms with Gasteiger partial charge in [-0.25, -0.2) is 0 Å². The molecule has 5 rings (SSSR count). The quantitative estimate of drug-likeness (QED) is 0.208. The van der Waals surface area contributed by atoms with Gasteiger partial charge in [0.15, 0.2) is 5.76 Å². The van der Waals surface area contributed by atoms with Crippen LogP contribution in [0.3, 0.4) is 0 Å². The maximum Gasteiger partial charge on any atom is 0.171 e. The molecule has 3 aromatic carbocycles. The summed E-state index contributed by atoms with van der Waals surface area (Å²) in [6.07, 6.45) is 7.55. The van der Waals surface area contributed by atoms with Crippen LogP contribution < -0.4 is 5.36 Å². The van der Waals surface area contributed by atoms with Crippen molar-refractivity contribution in [2.75, 3.05) is 0 Å². The maximum atomic E-state index is 9.77. The van der Waals surface area contributed by atoms with Crippen LogP contribution in [-0.4, -0.2) is 10.2 Å². The molecule has 0 amide bonds. The van der Waals surface area contributed by atoms with Crippen LogP contribution >= 0.6 is 11.6 Å². The molecule has 5 aromatic rings. The van der Waals surface area contributed by atoms with Gasteiger partial charge in [-0.1, -0.05) is 71.2 Å². The van der Waals surface area contributed by atoms with Gasteiger partial charge < -0.3 is 9.62 Å². The van der Waals surface area contributed by atoms with Crippen molar-refractivity contribution in [2.24, 2.45) is 5.16 Å². The Kier molecular flexibility index (Phi) is 4.66. The molecule has 2 heterocycles. The highest BCUT2D eigenvalue weighted by molar-refractivity contribution is 6.33. The molecule has 1 N–H and O–H groups in total. The number of benzene rings is 3. The minimum absolute atomic E-state index is 0.263. The summed E-state index contributed by atoms with van der Waals surface area (Å²) >= 11 is 6.37. The summed E-state index contributed by atoms with van der Waals surface area (Å²) in [6, 6.07) is 22.9. The second kappa shape index (κ2) is 7.64. The predicted molar refractivity (Wildman–Crippen MR) is 123 cm³/mol. The molecule has 0 spiro atoms. The van der Waals surface area contributed by atoms with E-state index in [2.05, 4.69) is 16.1 Å². The number of nitrogens with zero attached hydrogens (tertiary/aromatic N) is 2. The number of rotatable bonds is 2. The maximum absolute atomic E-state index is 9.77. The molecule has 5 heteroatoms. The van der Waals surface area contributed by atoms with Gasteiger partial charge >= 0.3 is 0 Å². The van der Waals surface area contributed by atoms with Crippen molar-refractivity contribution >= 4 is 33.3 Å².